The number of ether oxygens (including phenoxy) is 1. The Labute approximate surface area is 160 Å². The van der Waals surface area contributed by atoms with Crippen molar-refractivity contribution < 1.29 is 19.4 Å². The fourth-order valence-electron chi connectivity index (χ4n) is 4.06. The zero-order chi connectivity index (χ0) is 19.4. The van der Waals surface area contributed by atoms with Crippen LogP contribution in [-0.2, 0) is 14.3 Å². The van der Waals surface area contributed by atoms with E-state index in [1.54, 1.807) is 25.1 Å². The molecule has 1 heterocycles. The van der Waals surface area contributed by atoms with Gasteiger partial charge < -0.3 is 9.84 Å². The maximum atomic E-state index is 12.9. The molecule has 27 heavy (non-hydrogen) atoms. The Morgan fingerprint density at radius 2 is 2.07 bits per heavy atom. The van der Waals surface area contributed by atoms with Crippen LogP contribution < -0.4 is 0 Å². The monoisotopic (exact) mass is 369 g/mol. The van der Waals surface area contributed by atoms with Crippen molar-refractivity contribution in [2.24, 2.45) is 10.9 Å². The molecular weight excluding hydrogens is 342 g/mol. The molecule has 0 bridgehead atoms. The van der Waals surface area contributed by atoms with Crippen molar-refractivity contribution >= 4 is 17.5 Å². The number of carbonyl (C=O) groups excluding carboxylic acids is 2. The molecule has 2 unspecified atom stereocenters. The summed E-state index contributed by atoms with van der Waals surface area (Å²) in [7, 11) is 0. The fourth-order valence-corrected chi connectivity index (χ4v) is 4.06. The predicted molar refractivity (Wildman–Crippen MR) is 104 cm³/mol. The van der Waals surface area contributed by atoms with Gasteiger partial charge in [-0.15, -0.1) is 0 Å². The van der Waals surface area contributed by atoms with Crippen LogP contribution in [0.2, 0.25) is 0 Å². The number of Topliss-reactive ketones (excluding diaryl/α,β-unsaturated/α-hetero) is 1. The number of hydrogen-bond acceptors (Lipinski definition) is 5. The Balaban J connectivity index is 1.99. The normalized spacial score (nSPS) is 22.3. The van der Waals surface area contributed by atoms with Gasteiger partial charge in [0, 0.05) is 23.7 Å². The van der Waals surface area contributed by atoms with Gasteiger partial charge >= 0.3 is 5.97 Å². The summed E-state index contributed by atoms with van der Waals surface area (Å²) in [6.07, 6.45) is 4.94. The molecule has 0 saturated heterocycles. The Bertz CT molecular complexity index is 793. The molecule has 0 spiro atoms. The lowest BCUT2D eigenvalue weighted by Crippen LogP contribution is -2.39. The number of hydrogen-bond donors (Lipinski definition) is 1. The molecule has 5 heteroatoms. The first-order valence-electron chi connectivity index (χ1n) is 9.80. The minimum Gasteiger partial charge on any atom is -0.508 e. The Morgan fingerprint density at radius 1 is 1.26 bits per heavy atom. The van der Waals surface area contributed by atoms with Gasteiger partial charge in [0.05, 0.1) is 18.1 Å². The van der Waals surface area contributed by atoms with Crippen molar-refractivity contribution in [2.45, 2.75) is 58.3 Å². The summed E-state index contributed by atoms with van der Waals surface area (Å²) in [5.41, 5.74) is 2.66. The van der Waals surface area contributed by atoms with Crippen molar-refractivity contribution in [1.82, 2.24) is 0 Å². The van der Waals surface area contributed by atoms with E-state index in [1.165, 1.54) is 0 Å². The van der Waals surface area contributed by atoms with Gasteiger partial charge in [-0.3, -0.25) is 9.79 Å². The largest absolute Gasteiger partial charge is 0.508 e. The molecule has 2 atom stereocenters. The van der Waals surface area contributed by atoms with Crippen LogP contribution in [0.25, 0.3) is 0 Å². The number of esters is 1. The van der Waals surface area contributed by atoms with Gasteiger partial charge in [-0.1, -0.05) is 31.9 Å². The van der Waals surface area contributed by atoms with E-state index in [-0.39, 0.29) is 11.5 Å². The second-order valence-corrected chi connectivity index (χ2v) is 7.32. The van der Waals surface area contributed by atoms with E-state index in [1.807, 2.05) is 6.07 Å². The van der Waals surface area contributed by atoms with E-state index in [4.69, 9.17) is 4.74 Å². The smallest absolute Gasteiger partial charge is 0.336 e. The number of unbranched alkanes of at least 4 members (excludes halogenated alkanes) is 2. The molecule has 1 aromatic carbocycles. The Kier molecular flexibility index (Phi) is 6.09. The standard InChI is InChI=1S/C22H27NO4/c1-3-4-5-12-27-22(26)19-14(2)23-17-10-7-11-18(25)21(17)20(19)15-8-6-9-16(24)13-15/h6,8-9,13,20-21,24H,3-5,7,10-12H2,1-2H3. The maximum Gasteiger partial charge on any atom is 0.336 e. The molecule has 0 radical (unpaired) electrons. The highest BCUT2D eigenvalue weighted by molar-refractivity contribution is 6.11. The van der Waals surface area contributed by atoms with Crippen LogP contribution >= 0.6 is 0 Å². The molecule has 5 nitrogen and oxygen atoms in total. The molecule has 1 fully saturated rings. The number of benzene rings is 1. The zero-order valence-electron chi connectivity index (χ0n) is 16.0. The van der Waals surface area contributed by atoms with Crippen molar-refractivity contribution in [3.63, 3.8) is 0 Å². The average Bonchev–Trinajstić information content (AvgIpc) is 2.64. The molecule has 1 aliphatic carbocycles. The van der Waals surface area contributed by atoms with Crippen LogP contribution in [0.15, 0.2) is 40.5 Å². The molecule has 1 aromatic rings. The predicted octanol–water partition coefficient (Wildman–Crippen LogP) is 4.31. The third-order valence-electron chi connectivity index (χ3n) is 5.34. The summed E-state index contributed by atoms with van der Waals surface area (Å²) in [4.78, 5) is 30.3. The minimum atomic E-state index is -0.448. The van der Waals surface area contributed by atoms with E-state index >= 15 is 0 Å². The van der Waals surface area contributed by atoms with Crippen LogP contribution in [0.1, 0.15) is 63.9 Å². The van der Waals surface area contributed by atoms with Crippen molar-refractivity contribution in [2.75, 3.05) is 6.61 Å². The lowest BCUT2D eigenvalue weighted by molar-refractivity contribution is -0.139. The molecule has 1 saturated carbocycles. The average molecular weight is 369 g/mol. The van der Waals surface area contributed by atoms with Crippen LogP contribution in [0.4, 0.5) is 0 Å². The van der Waals surface area contributed by atoms with Crippen LogP contribution in [0.3, 0.4) is 0 Å². The fraction of sp³-hybridized carbons (Fsp3) is 0.500. The number of carbonyl (C=O) groups is 2. The summed E-state index contributed by atoms with van der Waals surface area (Å²) in [6.45, 7) is 4.27. The molecular formula is C22H27NO4. The number of ketones is 1. The third-order valence-corrected chi connectivity index (χ3v) is 5.34. The highest BCUT2D eigenvalue weighted by Crippen LogP contribution is 2.43. The Morgan fingerprint density at radius 3 is 2.81 bits per heavy atom. The molecule has 2 aliphatic rings. The number of fused-ring (bicyclic) bond motifs is 1. The van der Waals surface area contributed by atoms with E-state index in [0.29, 0.717) is 24.3 Å². The van der Waals surface area contributed by atoms with Gasteiger partial charge in [0.15, 0.2) is 0 Å². The maximum absolute atomic E-state index is 12.9. The second kappa shape index (κ2) is 8.51. The molecule has 0 aromatic heterocycles. The second-order valence-electron chi connectivity index (χ2n) is 7.32. The molecule has 144 valence electrons. The van der Waals surface area contributed by atoms with Gasteiger partial charge in [0.1, 0.15) is 11.5 Å². The highest BCUT2D eigenvalue weighted by atomic mass is 16.5. The minimum absolute atomic E-state index is 0.108. The number of phenols is 1. The van der Waals surface area contributed by atoms with E-state index < -0.39 is 17.8 Å². The first-order chi connectivity index (χ1) is 13.0. The lowest BCUT2D eigenvalue weighted by Gasteiger charge is -2.35. The Hall–Kier alpha value is -2.43. The third kappa shape index (κ3) is 4.12. The highest BCUT2D eigenvalue weighted by Gasteiger charge is 2.43. The van der Waals surface area contributed by atoms with E-state index in [0.717, 1.165) is 43.4 Å². The summed E-state index contributed by atoms with van der Waals surface area (Å²) >= 11 is 0. The number of aromatic hydroxyl groups is 1. The topological polar surface area (TPSA) is 76.0 Å². The van der Waals surface area contributed by atoms with Gasteiger partial charge in [0.2, 0.25) is 0 Å². The zero-order valence-corrected chi connectivity index (χ0v) is 16.0. The molecule has 3 rings (SSSR count). The van der Waals surface area contributed by atoms with Gasteiger partial charge in [-0.25, -0.2) is 4.79 Å². The van der Waals surface area contributed by atoms with Gasteiger partial charge in [-0.2, -0.15) is 0 Å². The SMILES string of the molecule is CCCCCOC(=O)C1=C(C)N=C2CCCC(=O)C2C1c1cccc(O)c1. The number of nitrogens with zero attached hydrogens (tertiary/aromatic N) is 1. The molecule has 1 aliphatic heterocycles. The first kappa shape index (κ1) is 19.3. The lowest BCUT2D eigenvalue weighted by atomic mass is 9.69. The van der Waals surface area contributed by atoms with Crippen molar-refractivity contribution in [1.29, 1.82) is 0 Å². The number of rotatable bonds is 6. The van der Waals surface area contributed by atoms with Crippen LogP contribution in [0, 0.1) is 5.92 Å². The van der Waals surface area contributed by atoms with E-state index in [2.05, 4.69) is 11.9 Å². The molecule has 1 N–H and O–H groups in total. The van der Waals surface area contributed by atoms with Crippen molar-refractivity contribution in [3.8, 4) is 5.75 Å². The van der Waals surface area contributed by atoms with Crippen molar-refractivity contribution in [3.05, 3.63) is 41.1 Å². The summed E-state index contributed by atoms with van der Waals surface area (Å²) in [5.74, 6) is -1.07. The van der Waals surface area contributed by atoms with Crippen LogP contribution in [0.5, 0.6) is 5.75 Å². The summed E-state index contributed by atoms with van der Waals surface area (Å²) in [5, 5.41) is 9.95. The number of phenolic OH excluding ortho intramolecular Hbond substituents is 1. The van der Waals surface area contributed by atoms with Gasteiger partial charge in [-0.05, 0) is 43.9 Å². The quantitative estimate of drug-likeness (QED) is 0.599. The molecule has 0 amide bonds. The van der Waals surface area contributed by atoms with Crippen LogP contribution in [-0.4, -0.2) is 29.2 Å². The first-order valence-corrected chi connectivity index (χ1v) is 9.80. The number of aliphatic imine (C=N–C) groups is 1. The van der Waals surface area contributed by atoms with Gasteiger partial charge in [0.25, 0.3) is 0 Å². The number of allylic oxidation sites excluding steroid dienone is 1. The summed E-state index contributed by atoms with van der Waals surface area (Å²) in [6, 6.07) is 6.81. The summed E-state index contributed by atoms with van der Waals surface area (Å²) < 4.78 is 5.51. The van der Waals surface area contributed by atoms with E-state index in [9.17, 15) is 14.7 Å².